The Labute approximate surface area is 171 Å². The van der Waals surface area contributed by atoms with Crippen molar-refractivity contribution in [3.05, 3.63) is 51.2 Å². The Morgan fingerprint density at radius 3 is 2.75 bits per heavy atom. The van der Waals surface area contributed by atoms with E-state index in [1.807, 2.05) is 36.6 Å². The number of benzene rings is 1. The van der Waals surface area contributed by atoms with Gasteiger partial charge in [0.1, 0.15) is 11.0 Å². The molecular weight excluding hydrogens is 392 g/mol. The van der Waals surface area contributed by atoms with Crippen molar-refractivity contribution < 1.29 is 14.6 Å². The SMILES string of the molecule is Cc1csc(C2(O)OC(=O)C(c3ccc4nsnc4c3)=C2CC2CCCC2)c1. The highest BCUT2D eigenvalue weighted by atomic mass is 32.1. The van der Waals surface area contributed by atoms with Gasteiger partial charge in [0, 0.05) is 5.57 Å². The summed E-state index contributed by atoms with van der Waals surface area (Å²) in [5.74, 6) is -1.68. The molecule has 1 saturated carbocycles. The maximum absolute atomic E-state index is 13.0. The first-order valence-electron chi connectivity index (χ1n) is 9.52. The van der Waals surface area contributed by atoms with E-state index in [-0.39, 0.29) is 0 Å². The van der Waals surface area contributed by atoms with Gasteiger partial charge in [0.05, 0.1) is 22.2 Å². The summed E-state index contributed by atoms with van der Waals surface area (Å²) in [7, 11) is 0. The molecule has 1 fully saturated rings. The van der Waals surface area contributed by atoms with Crippen LogP contribution in [0, 0.1) is 12.8 Å². The number of hydrogen-bond donors (Lipinski definition) is 1. The van der Waals surface area contributed by atoms with E-state index in [2.05, 4.69) is 8.75 Å². The minimum absolute atomic E-state index is 0.468. The van der Waals surface area contributed by atoms with Crippen LogP contribution >= 0.6 is 23.1 Å². The van der Waals surface area contributed by atoms with Crippen LogP contribution in [0.15, 0.2) is 35.2 Å². The molecular formula is C21H20N2O3S2. The zero-order chi connectivity index (χ0) is 19.3. The van der Waals surface area contributed by atoms with Gasteiger partial charge < -0.3 is 9.84 Å². The lowest BCUT2D eigenvalue weighted by Gasteiger charge is -2.25. The zero-order valence-corrected chi connectivity index (χ0v) is 17.1. The summed E-state index contributed by atoms with van der Waals surface area (Å²) in [5.41, 5.74) is 4.52. The van der Waals surface area contributed by atoms with Crippen molar-refractivity contribution in [3.8, 4) is 0 Å². The monoisotopic (exact) mass is 412 g/mol. The van der Waals surface area contributed by atoms with Gasteiger partial charge in [-0.3, -0.25) is 0 Å². The lowest BCUT2D eigenvalue weighted by atomic mass is 9.87. The number of nitrogens with zero attached hydrogens (tertiary/aromatic N) is 2. The second-order valence-electron chi connectivity index (χ2n) is 7.70. The van der Waals surface area contributed by atoms with E-state index >= 15 is 0 Å². The molecule has 144 valence electrons. The van der Waals surface area contributed by atoms with E-state index in [1.165, 1.54) is 24.2 Å². The smallest absolute Gasteiger partial charge is 0.342 e. The number of thiophene rings is 1. The molecule has 7 heteroatoms. The lowest BCUT2D eigenvalue weighted by Crippen LogP contribution is -2.28. The van der Waals surface area contributed by atoms with Crippen LogP contribution in [0.25, 0.3) is 16.6 Å². The Kier molecular flexibility index (Phi) is 4.34. The Bertz CT molecular complexity index is 1090. The van der Waals surface area contributed by atoms with Crippen LogP contribution in [0.4, 0.5) is 0 Å². The molecule has 2 aromatic heterocycles. The Morgan fingerprint density at radius 2 is 2.00 bits per heavy atom. The van der Waals surface area contributed by atoms with E-state index in [4.69, 9.17) is 4.74 Å². The van der Waals surface area contributed by atoms with E-state index in [9.17, 15) is 9.90 Å². The normalized spacial score (nSPS) is 23.1. The van der Waals surface area contributed by atoms with Gasteiger partial charge in [-0.2, -0.15) is 8.75 Å². The number of carbonyl (C=O) groups excluding carboxylic acids is 1. The Morgan fingerprint density at radius 1 is 1.21 bits per heavy atom. The molecule has 5 rings (SSSR count). The molecule has 0 bridgehead atoms. The van der Waals surface area contributed by atoms with Crippen LogP contribution in [-0.4, -0.2) is 19.8 Å². The van der Waals surface area contributed by atoms with E-state index in [0.717, 1.165) is 46.7 Å². The molecule has 28 heavy (non-hydrogen) atoms. The highest BCUT2D eigenvalue weighted by Crippen LogP contribution is 2.49. The number of cyclic esters (lactones) is 1. The van der Waals surface area contributed by atoms with Gasteiger partial charge >= 0.3 is 5.97 Å². The van der Waals surface area contributed by atoms with Crippen LogP contribution in [-0.2, 0) is 15.3 Å². The summed E-state index contributed by atoms with van der Waals surface area (Å²) in [6.45, 7) is 1.98. The van der Waals surface area contributed by atoms with Gasteiger partial charge in [0.25, 0.3) is 5.79 Å². The van der Waals surface area contributed by atoms with Crippen molar-refractivity contribution in [1.29, 1.82) is 0 Å². The van der Waals surface area contributed by atoms with Gasteiger partial charge in [-0.15, -0.1) is 11.3 Å². The summed E-state index contributed by atoms with van der Waals surface area (Å²) in [6, 6.07) is 7.52. The number of aromatic nitrogens is 2. The van der Waals surface area contributed by atoms with E-state index in [1.54, 1.807) is 0 Å². The molecule has 1 aliphatic heterocycles. The topological polar surface area (TPSA) is 72.3 Å². The molecule has 0 radical (unpaired) electrons. The standard InChI is InChI=1S/C21H20N2O3S2/c1-12-8-18(27-11-12)21(25)15(9-13-4-2-3-5-13)19(20(24)26-21)14-6-7-16-17(10-14)23-28-22-16/h6-8,10-11,13,25H,2-5,9H2,1H3. The molecule has 1 aromatic carbocycles. The van der Waals surface area contributed by atoms with Crippen LogP contribution in [0.1, 0.15) is 48.1 Å². The summed E-state index contributed by atoms with van der Waals surface area (Å²) in [5, 5.41) is 13.5. The maximum Gasteiger partial charge on any atom is 0.342 e. The molecule has 5 nitrogen and oxygen atoms in total. The fourth-order valence-corrected chi connectivity index (χ4v) is 5.80. The predicted octanol–water partition coefficient (Wildman–Crippen LogP) is 4.80. The largest absolute Gasteiger partial charge is 0.420 e. The second-order valence-corrected chi connectivity index (χ2v) is 9.14. The molecule has 1 N–H and O–H groups in total. The van der Waals surface area contributed by atoms with Crippen LogP contribution in [0.5, 0.6) is 0 Å². The highest BCUT2D eigenvalue weighted by molar-refractivity contribution is 7.10. The van der Waals surface area contributed by atoms with Crippen LogP contribution in [0.3, 0.4) is 0 Å². The van der Waals surface area contributed by atoms with Gasteiger partial charge in [-0.25, -0.2) is 4.79 Å². The van der Waals surface area contributed by atoms with Gasteiger partial charge in [0.15, 0.2) is 0 Å². The number of aryl methyl sites for hydroxylation is 1. The molecule has 0 saturated heterocycles. The van der Waals surface area contributed by atoms with Crippen molar-refractivity contribution >= 4 is 45.6 Å². The molecule has 3 aromatic rings. The minimum atomic E-state index is -1.68. The van der Waals surface area contributed by atoms with Crippen LogP contribution in [0.2, 0.25) is 0 Å². The first kappa shape index (κ1) is 18.0. The van der Waals surface area contributed by atoms with Gasteiger partial charge in [-0.05, 0) is 54.0 Å². The third kappa shape index (κ3) is 2.89. The number of esters is 1. The third-order valence-corrected chi connectivity index (χ3v) is 7.42. The summed E-state index contributed by atoms with van der Waals surface area (Å²) < 4.78 is 14.2. The second kappa shape index (κ2) is 6.76. The van der Waals surface area contributed by atoms with E-state index < -0.39 is 11.8 Å². The molecule has 1 atom stereocenters. The van der Waals surface area contributed by atoms with Crippen molar-refractivity contribution in [1.82, 2.24) is 8.75 Å². The molecule has 1 aliphatic carbocycles. The average Bonchev–Trinajstić information content (AvgIpc) is 3.44. The number of rotatable bonds is 4. The maximum atomic E-state index is 13.0. The highest BCUT2D eigenvalue weighted by Gasteiger charge is 2.49. The van der Waals surface area contributed by atoms with E-state index in [0.29, 0.717) is 28.4 Å². The summed E-state index contributed by atoms with van der Waals surface area (Å²) in [6.07, 6.45) is 5.32. The number of carbonyl (C=O) groups is 1. The third-order valence-electron chi connectivity index (χ3n) is 5.73. The first-order valence-corrected chi connectivity index (χ1v) is 11.1. The number of ether oxygens (including phenoxy) is 1. The fraction of sp³-hybridized carbons (Fsp3) is 0.381. The summed E-state index contributed by atoms with van der Waals surface area (Å²) >= 11 is 2.58. The average molecular weight is 413 g/mol. The molecule has 0 spiro atoms. The number of fused-ring (bicyclic) bond motifs is 1. The first-order chi connectivity index (χ1) is 13.5. The minimum Gasteiger partial charge on any atom is -0.420 e. The fourth-order valence-electron chi connectivity index (χ4n) is 4.32. The van der Waals surface area contributed by atoms with Crippen molar-refractivity contribution in [2.45, 2.75) is 44.8 Å². The van der Waals surface area contributed by atoms with Crippen molar-refractivity contribution in [3.63, 3.8) is 0 Å². The molecule has 3 heterocycles. The summed E-state index contributed by atoms with van der Waals surface area (Å²) in [4.78, 5) is 13.6. The predicted molar refractivity (Wildman–Crippen MR) is 110 cm³/mol. The lowest BCUT2D eigenvalue weighted by molar-refractivity contribution is -0.184. The molecule has 0 amide bonds. The quantitative estimate of drug-likeness (QED) is 0.624. The van der Waals surface area contributed by atoms with Crippen molar-refractivity contribution in [2.24, 2.45) is 5.92 Å². The Hall–Kier alpha value is -2.09. The number of hydrogen-bond acceptors (Lipinski definition) is 7. The van der Waals surface area contributed by atoms with Gasteiger partial charge in [-0.1, -0.05) is 31.7 Å². The van der Waals surface area contributed by atoms with Crippen LogP contribution < -0.4 is 0 Å². The van der Waals surface area contributed by atoms with Crippen molar-refractivity contribution in [2.75, 3.05) is 0 Å². The zero-order valence-electron chi connectivity index (χ0n) is 15.5. The molecule has 2 aliphatic rings. The number of aliphatic hydroxyl groups is 1. The molecule has 1 unspecified atom stereocenters. The Balaban J connectivity index is 1.67. The van der Waals surface area contributed by atoms with Gasteiger partial charge in [0.2, 0.25) is 0 Å².